The molecule has 0 aliphatic heterocycles. The number of hydrogen-bond donors (Lipinski definition) is 2. The minimum absolute atomic E-state index is 0.109. The van der Waals surface area contributed by atoms with Crippen LogP contribution in [0.5, 0.6) is 0 Å². The molecule has 0 spiro atoms. The summed E-state index contributed by atoms with van der Waals surface area (Å²) in [6.45, 7) is 0.320. The largest absolute Gasteiger partial charge is 0.419 e. The van der Waals surface area contributed by atoms with Crippen molar-refractivity contribution < 1.29 is 13.2 Å². The lowest BCUT2D eigenvalue weighted by atomic mass is 9.81. The van der Waals surface area contributed by atoms with Crippen molar-refractivity contribution in [2.24, 2.45) is 5.73 Å². The van der Waals surface area contributed by atoms with Gasteiger partial charge in [0.25, 0.3) is 0 Å². The molecular formula is C13H18F3N3. The van der Waals surface area contributed by atoms with Gasteiger partial charge < -0.3 is 11.1 Å². The first kappa shape index (κ1) is 14.1. The van der Waals surface area contributed by atoms with Crippen LogP contribution in [0.3, 0.4) is 0 Å². The highest BCUT2D eigenvalue weighted by molar-refractivity contribution is 5.48. The number of pyridine rings is 1. The average molecular weight is 273 g/mol. The standard InChI is InChI=1S/C13H18F3N3/c14-13(15,16)10-5-4-8-18-11(10)19-12(9-17)6-2-1-3-7-12/h4-5,8H,1-3,6-7,9,17H2,(H,18,19). The Morgan fingerprint density at radius 3 is 2.53 bits per heavy atom. The molecule has 0 saturated heterocycles. The van der Waals surface area contributed by atoms with E-state index in [1.54, 1.807) is 0 Å². The Hall–Kier alpha value is -1.30. The molecule has 1 saturated carbocycles. The Morgan fingerprint density at radius 2 is 1.95 bits per heavy atom. The van der Waals surface area contributed by atoms with Crippen molar-refractivity contribution in [3.05, 3.63) is 23.9 Å². The minimum atomic E-state index is -4.40. The molecule has 19 heavy (non-hydrogen) atoms. The van der Waals surface area contributed by atoms with Crippen molar-refractivity contribution in [2.45, 2.75) is 43.8 Å². The summed E-state index contributed by atoms with van der Waals surface area (Å²) in [7, 11) is 0. The van der Waals surface area contributed by atoms with Gasteiger partial charge in [-0.15, -0.1) is 0 Å². The molecule has 0 aromatic carbocycles. The minimum Gasteiger partial charge on any atom is -0.363 e. The molecule has 2 rings (SSSR count). The average Bonchev–Trinajstić information content (AvgIpc) is 2.39. The fourth-order valence-electron chi connectivity index (χ4n) is 2.59. The monoisotopic (exact) mass is 273 g/mol. The van der Waals surface area contributed by atoms with Crippen LogP contribution in [-0.2, 0) is 6.18 Å². The van der Waals surface area contributed by atoms with Crippen LogP contribution in [0.4, 0.5) is 19.0 Å². The molecule has 106 valence electrons. The Balaban J connectivity index is 2.27. The van der Waals surface area contributed by atoms with Gasteiger partial charge in [-0.3, -0.25) is 0 Å². The Bertz CT molecular complexity index is 425. The zero-order valence-electron chi connectivity index (χ0n) is 10.6. The summed E-state index contributed by atoms with van der Waals surface area (Å²) < 4.78 is 38.8. The summed E-state index contributed by atoms with van der Waals surface area (Å²) in [5.41, 5.74) is 4.59. The molecule has 3 N–H and O–H groups in total. The van der Waals surface area contributed by atoms with E-state index in [1.165, 1.54) is 12.3 Å². The molecule has 3 nitrogen and oxygen atoms in total. The third-order valence-corrected chi connectivity index (χ3v) is 3.70. The van der Waals surface area contributed by atoms with E-state index in [-0.39, 0.29) is 5.82 Å². The Kier molecular flexibility index (Phi) is 3.99. The normalized spacial score (nSPS) is 19.2. The van der Waals surface area contributed by atoms with Crippen molar-refractivity contribution in [2.75, 3.05) is 11.9 Å². The first-order valence-corrected chi connectivity index (χ1v) is 6.47. The molecule has 0 atom stereocenters. The number of halogens is 3. The van der Waals surface area contributed by atoms with Gasteiger partial charge in [0.05, 0.1) is 11.1 Å². The van der Waals surface area contributed by atoms with Gasteiger partial charge in [-0.2, -0.15) is 13.2 Å². The maximum absolute atomic E-state index is 12.9. The zero-order valence-corrected chi connectivity index (χ0v) is 10.6. The van der Waals surface area contributed by atoms with Crippen LogP contribution in [0.25, 0.3) is 0 Å². The molecule has 1 aliphatic carbocycles. The van der Waals surface area contributed by atoms with Gasteiger partial charge in [0, 0.05) is 12.7 Å². The summed E-state index contributed by atoms with van der Waals surface area (Å²) in [5, 5.41) is 2.96. The van der Waals surface area contributed by atoms with Gasteiger partial charge in [0.1, 0.15) is 5.82 Å². The van der Waals surface area contributed by atoms with Crippen LogP contribution in [0.15, 0.2) is 18.3 Å². The lowest BCUT2D eigenvalue weighted by Gasteiger charge is -2.38. The maximum Gasteiger partial charge on any atom is 0.419 e. The molecule has 1 aromatic rings. The van der Waals surface area contributed by atoms with E-state index in [2.05, 4.69) is 10.3 Å². The molecule has 0 radical (unpaired) electrons. The quantitative estimate of drug-likeness (QED) is 0.889. The van der Waals surface area contributed by atoms with E-state index >= 15 is 0 Å². The second-order valence-electron chi connectivity index (χ2n) is 5.07. The lowest BCUT2D eigenvalue weighted by molar-refractivity contribution is -0.137. The predicted molar refractivity (Wildman–Crippen MR) is 67.7 cm³/mol. The number of nitrogens with zero attached hydrogens (tertiary/aromatic N) is 1. The SMILES string of the molecule is NCC1(Nc2ncccc2C(F)(F)F)CCCCC1. The second kappa shape index (κ2) is 5.36. The maximum atomic E-state index is 12.9. The number of alkyl halides is 3. The summed E-state index contributed by atoms with van der Waals surface area (Å²) in [4.78, 5) is 3.85. The molecule has 1 fully saturated rings. The van der Waals surface area contributed by atoms with E-state index in [1.807, 2.05) is 0 Å². The van der Waals surface area contributed by atoms with E-state index < -0.39 is 17.3 Å². The zero-order chi connectivity index (χ0) is 13.9. The number of nitrogens with one attached hydrogen (secondary N) is 1. The highest BCUT2D eigenvalue weighted by atomic mass is 19.4. The third kappa shape index (κ3) is 3.18. The number of rotatable bonds is 3. The smallest absolute Gasteiger partial charge is 0.363 e. The van der Waals surface area contributed by atoms with Gasteiger partial charge >= 0.3 is 6.18 Å². The lowest BCUT2D eigenvalue weighted by Crippen LogP contribution is -2.47. The summed E-state index contributed by atoms with van der Waals surface area (Å²) in [5.74, 6) is -0.109. The van der Waals surface area contributed by atoms with Crippen molar-refractivity contribution >= 4 is 5.82 Å². The third-order valence-electron chi connectivity index (χ3n) is 3.70. The van der Waals surface area contributed by atoms with Gasteiger partial charge in [0.15, 0.2) is 0 Å². The van der Waals surface area contributed by atoms with Gasteiger partial charge in [-0.1, -0.05) is 19.3 Å². The van der Waals surface area contributed by atoms with E-state index in [0.717, 1.165) is 38.2 Å². The molecule has 0 bridgehead atoms. The predicted octanol–water partition coefficient (Wildman–Crippen LogP) is 3.17. The van der Waals surface area contributed by atoms with Crippen molar-refractivity contribution in [3.8, 4) is 0 Å². The highest BCUT2D eigenvalue weighted by Gasteiger charge is 2.37. The first-order valence-electron chi connectivity index (χ1n) is 6.47. The molecule has 1 aromatic heterocycles. The fourth-order valence-corrected chi connectivity index (χ4v) is 2.59. The topological polar surface area (TPSA) is 50.9 Å². The van der Waals surface area contributed by atoms with Crippen LogP contribution in [-0.4, -0.2) is 17.1 Å². The number of nitrogens with two attached hydrogens (primary N) is 1. The van der Waals surface area contributed by atoms with Crippen molar-refractivity contribution in [3.63, 3.8) is 0 Å². The van der Waals surface area contributed by atoms with Gasteiger partial charge in [-0.25, -0.2) is 4.98 Å². The van der Waals surface area contributed by atoms with E-state index in [9.17, 15) is 13.2 Å². The number of hydrogen-bond acceptors (Lipinski definition) is 3. The van der Waals surface area contributed by atoms with E-state index in [0.29, 0.717) is 6.54 Å². The van der Waals surface area contributed by atoms with Gasteiger partial charge in [0.2, 0.25) is 0 Å². The molecular weight excluding hydrogens is 255 g/mol. The summed E-state index contributed by atoms with van der Waals surface area (Å²) in [6, 6.07) is 2.34. The van der Waals surface area contributed by atoms with Crippen molar-refractivity contribution in [1.29, 1.82) is 0 Å². The Morgan fingerprint density at radius 1 is 1.26 bits per heavy atom. The second-order valence-corrected chi connectivity index (χ2v) is 5.07. The molecule has 1 heterocycles. The van der Waals surface area contributed by atoms with Crippen molar-refractivity contribution in [1.82, 2.24) is 4.98 Å². The van der Waals surface area contributed by atoms with Crippen LogP contribution in [0.1, 0.15) is 37.7 Å². The Labute approximate surface area is 110 Å². The van der Waals surface area contributed by atoms with E-state index in [4.69, 9.17) is 5.73 Å². The molecule has 0 amide bonds. The first-order chi connectivity index (χ1) is 8.97. The van der Waals surface area contributed by atoms with Crippen LogP contribution in [0.2, 0.25) is 0 Å². The molecule has 1 aliphatic rings. The number of anilines is 1. The fraction of sp³-hybridized carbons (Fsp3) is 0.615. The summed E-state index contributed by atoms with van der Waals surface area (Å²) in [6.07, 6.45) is 1.62. The van der Waals surface area contributed by atoms with Crippen LogP contribution >= 0.6 is 0 Å². The van der Waals surface area contributed by atoms with Gasteiger partial charge in [-0.05, 0) is 25.0 Å². The number of aromatic nitrogens is 1. The van der Waals surface area contributed by atoms with Crippen LogP contribution in [0, 0.1) is 0 Å². The highest BCUT2D eigenvalue weighted by Crippen LogP contribution is 2.37. The molecule has 0 unspecified atom stereocenters. The molecule has 6 heteroatoms. The summed E-state index contributed by atoms with van der Waals surface area (Å²) >= 11 is 0. The van der Waals surface area contributed by atoms with Crippen LogP contribution < -0.4 is 11.1 Å².